The van der Waals surface area contributed by atoms with Gasteiger partial charge in [-0.3, -0.25) is 4.90 Å². The number of benzene rings is 1. The quantitative estimate of drug-likeness (QED) is 0.604. The average molecular weight is 338 g/mol. The fourth-order valence-electron chi connectivity index (χ4n) is 5.70. The Bertz CT molecular complexity index is 843. The molecule has 5 rings (SSSR count). The van der Waals surface area contributed by atoms with Gasteiger partial charge < -0.3 is 15.2 Å². The number of aliphatic hydroxyl groups is 1. The Morgan fingerprint density at radius 2 is 2.24 bits per heavy atom. The highest BCUT2D eigenvalue weighted by molar-refractivity contribution is 5.94. The molecular formula is C20H22N2O3. The van der Waals surface area contributed by atoms with Gasteiger partial charge in [-0.05, 0) is 30.5 Å². The Labute approximate surface area is 147 Å². The van der Waals surface area contributed by atoms with Crippen LogP contribution in [0.2, 0.25) is 0 Å². The van der Waals surface area contributed by atoms with E-state index < -0.39 is 6.10 Å². The third-order valence-electron chi connectivity index (χ3n) is 6.61. The van der Waals surface area contributed by atoms with Gasteiger partial charge in [0.2, 0.25) is 0 Å². The number of rotatable bonds is 1. The van der Waals surface area contributed by atoms with Crippen molar-refractivity contribution in [1.82, 2.24) is 4.90 Å². The molecule has 0 saturated carbocycles. The number of carbonyl (C=O) groups excluding carboxylic acids is 1. The van der Waals surface area contributed by atoms with E-state index in [2.05, 4.69) is 22.3 Å². The average Bonchev–Trinajstić information content (AvgIpc) is 3.18. The van der Waals surface area contributed by atoms with Crippen molar-refractivity contribution in [2.24, 2.45) is 5.92 Å². The molecule has 1 aromatic carbocycles. The number of esters is 1. The first kappa shape index (κ1) is 15.2. The van der Waals surface area contributed by atoms with Crippen molar-refractivity contribution < 1.29 is 14.6 Å². The highest BCUT2D eigenvalue weighted by Crippen LogP contribution is 2.61. The summed E-state index contributed by atoms with van der Waals surface area (Å²) in [4.78, 5) is 15.2. The number of allylic oxidation sites excluding steroid dienone is 1. The van der Waals surface area contributed by atoms with Gasteiger partial charge in [-0.25, -0.2) is 4.79 Å². The molecule has 2 saturated heterocycles. The standard InChI is InChI=1S/C20H22N2O3/c1-3-11-10-22-9-8-20-12-6-4-5-7-13(12)21-17(20)15(19(24)25-2)14(11)16(23)18(20)22/h3-7,14,16,18,21,23H,8-10H2,1-2H3/t14-,16-,18-,20-/m1/s1. The summed E-state index contributed by atoms with van der Waals surface area (Å²) in [6, 6.07) is 8.23. The van der Waals surface area contributed by atoms with E-state index in [1.165, 1.54) is 12.7 Å². The fourth-order valence-corrected chi connectivity index (χ4v) is 5.70. The fraction of sp³-hybridized carbons (Fsp3) is 0.450. The van der Waals surface area contributed by atoms with Crippen molar-refractivity contribution in [1.29, 1.82) is 0 Å². The van der Waals surface area contributed by atoms with Gasteiger partial charge in [0.15, 0.2) is 0 Å². The van der Waals surface area contributed by atoms with Gasteiger partial charge in [-0.2, -0.15) is 0 Å². The topological polar surface area (TPSA) is 61.8 Å². The smallest absolute Gasteiger partial charge is 0.336 e. The van der Waals surface area contributed by atoms with E-state index in [1.807, 2.05) is 25.1 Å². The van der Waals surface area contributed by atoms with Gasteiger partial charge in [-0.1, -0.05) is 24.3 Å². The maximum absolute atomic E-state index is 12.8. The third kappa shape index (κ3) is 1.63. The lowest BCUT2D eigenvalue weighted by Gasteiger charge is -2.51. The molecule has 3 aliphatic heterocycles. The number of hydrogen-bond donors (Lipinski definition) is 2. The SMILES string of the molecule is CC=C1CN2CC[C@@]34C(=C(C(=O)OC)[C@@H]1[C@@H](O)[C@@H]23)Nc1ccccc14. The van der Waals surface area contributed by atoms with Crippen LogP contribution in [0.15, 0.2) is 47.2 Å². The Morgan fingerprint density at radius 3 is 3.00 bits per heavy atom. The van der Waals surface area contributed by atoms with E-state index >= 15 is 0 Å². The zero-order valence-electron chi connectivity index (χ0n) is 14.5. The lowest BCUT2D eigenvalue weighted by Crippen LogP contribution is -2.61. The van der Waals surface area contributed by atoms with Gasteiger partial charge >= 0.3 is 5.97 Å². The van der Waals surface area contributed by atoms with Crippen molar-refractivity contribution in [3.8, 4) is 0 Å². The lowest BCUT2D eigenvalue weighted by atomic mass is 9.60. The van der Waals surface area contributed by atoms with Crippen molar-refractivity contribution in [3.63, 3.8) is 0 Å². The molecule has 25 heavy (non-hydrogen) atoms. The first-order valence-electron chi connectivity index (χ1n) is 8.90. The number of hydrogen-bond acceptors (Lipinski definition) is 5. The van der Waals surface area contributed by atoms with Crippen LogP contribution >= 0.6 is 0 Å². The zero-order valence-corrected chi connectivity index (χ0v) is 14.5. The first-order chi connectivity index (χ1) is 12.1. The summed E-state index contributed by atoms with van der Waals surface area (Å²) in [5.74, 6) is -0.626. The van der Waals surface area contributed by atoms with E-state index in [0.717, 1.165) is 36.5 Å². The maximum atomic E-state index is 12.8. The molecule has 2 fully saturated rings. The van der Waals surface area contributed by atoms with Crippen molar-refractivity contribution in [2.75, 3.05) is 25.5 Å². The summed E-state index contributed by atoms with van der Waals surface area (Å²) in [7, 11) is 1.42. The maximum Gasteiger partial charge on any atom is 0.336 e. The summed E-state index contributed by atoms with van der Waals surface area (Å²) in [5.41, 5.74) is 4.56. The molecule has 1 aromatic rings. The molecule has 5 nitrogen and oxygen atoms in total. The first-order valence-corrected chi connectivity index (χ1v) is 8.90. The molecule has 4 atom stereocenters. The second-order valence-corrected chi connectivity index (χ2v) is 7.42. The summed E-state index contributed by atoms with van der Waals surface area (Å²) in [5, 5.41) is 14.8. The van der Waals surface area contributed by atoms with Crippen LogP contribution in [-0.4, -0.2) is 48.3 Å². The number of piperidine rings is 1. The minimum Gasteiger partial charge on any atom is -0.466 e. The molecule has 0 radical (unpaired) electrons. The number of nitrogens with one attached hydrogen (secondary N) is 1. The summed E-state index contributed by atoms with van der Waals surface area (Å²) in [6.45, 7) is 3.71. The molecule has 1 spiro atoms. The van der Waals surface area contributed by atoms with E-state index in [4.69, 9.17) is 4.74 Å². The molecule has 2 bridgehead atoms. The number of para-hydroxylation sites is 1. The second-order valence-electron chi connectivity index (χ2n) is 7.42. The zero-order chi connectivity index (χ0) is 17.3. The summed E-state index contributed by atoms with van der Waals surface area (Å²) in [6.07, 6.45) is 2.34. The van der Waals surface area contributed by atoms with Crippen LogP contribution in [0.5, 0.6) is 0 Å². The monoisotopic (exact) mass is 338 g/mol. The second kappa shape index (κ2) is 4.96. The minimum atomic E-state index is -0.603. The third-order valence-corrected chi connectivity index (χ3v) is 6.61. The Hall–Kier alpha value is -2.11. The Kier molecular flexibility index (Phi) is 3.01. The normalized spacial score (nSPS) is 36.9. The molecule has 4 aliphatic rings. The largest absolute Gasteiger partial charge is 0.466 e. The van der Waals surface area contributed by atoms with Crippen LogP contribution in [0, 0.1) is 5.92 Å². The molecular weight excluding hydrogens is 316 g/mol. The van der Waals surface area contributed by atoms with Gasteiger partial charge in [0.1, 0.15) is 0 Å². The van der Waals surface area contributed by atoms with E-state index in [0.29, 0.717) is 5.57 Å². The van der Waals surface area contributed by atoms with Gasteiger partial charge in [-0.15, -0.1) is 0 Å². The highest BCUT2D eigenvalue weighted by Gasteiger charge is 2.65. The molecule has 0 amide bonds. The number of methoxy groups -OCH3 is 1. The predicted molar refractivity (Wildman–Crippen MR) is 94.0 cm³/mol. The summed E-state index contributed by atoms with van der Waals surface area (Å²) < 4.78 is 5.14. The molecule has 130 valence electrons. The van der Waals surface area contributed by atoms with E-state index in [1.54, 1.807) is 0 Å². The number of aliphatic hydroxyl groups excluding tert-OH is 1. The molecule has 2 N–H and O–H groups in total. The molecule has 5 heteroatoms. The van der Waals surface area contributed by atoms with Crippen molar-refractivity contribution in [3.05, 3.63) is 52.7 Å². The number of nitrogens with zero attached hydrogens (tertiary/aromatic N) is 1. The predicted octanol–water partition coefficient (Wildman–Crippen LogP) is 1.80. The highest BCUT2D eigenvalue weighted by atomic mass is 16.5. The van der Waals surface area contributed by atoms with Crippen LogP contribution in [0.1, 0.15) is 18.9 Å². The van der Waals surface area contributed by atoms with Crippen molar-refractivity contribution in [2.45, 2.75) is 30.9 Å². The molecule has 0 aromatic heterocycles. The van der Waals surface area contributed by atoms with Gasteiger partial charge in [0.05, 0.1) is 30.2 Å². The number of anilines is 1. The van der Waals surface area contributed by atoms with Crippen LogP contribution in [0.3, 0.4) is 0 Å². The van der Waals surface area contributed by atoms with Crippen LogP contribution in [0.4, 0.5) is 5.69 Å². The molecule has 3 heterocycles. The van der Waals surface area contributed by atoms with E-state index in [-0.39, 0.29) is 23.3 Å². The van der Waals surface area contributed by atoms with E-state index in [9.17, 15) is 9.90 Å². The van der Waals surface area contributed by atoms with Crippen LogP contribution in [0.25, 0.3) is 0 Å². The summed E-state index contributed by atoms with van der Waals surface area (Å²) >= 11 is 0. The van der Waals surface area contributed by atoms with Gasteiger partial charge in [0, 0.05) is 30.4 Å². The minimum absolute atomic E-state index is 0.000700. The number of carbonyl (C=O) groups is 1. The van der Waals surface area contributed by atoms with Crippen LogP contribution in [-0.2, 0) is 14.9 Å². The van der Waals surface area contributed by atoms with Crippen molar-refractivity contribution >= 4 is 11.7 Å². The Morgan fingerprint density at radius 1 is 1.44 bits per heavy atom. The molecule has 1 aliphatic carbocycles. The molecule has 0 unspecified atom stereocenters. The van der Waals surface area contributed by atoms with Gasteiger partial charge in [0.25, 0.3) is 0 Å². The lowest BCUT2D eigenvalue weighted by molar-refractivity contribution is -0.138. The number of ether oxygens (including phenoxy) is 1. The number of fused-ring (bicyclic) bond motifs is 2. The van der Waals surface area contributed by atoms with Crippen LogP contribution < -0.4 is 5.32 Å². The Balaban J connectivity index is 1.85.